The Morgan fingerprint density at radius 1 is 1.15 bits per heavy atom. The number of alkyl halides is 3. The molecular weight excluding hydrogens is 361 g/mol. The second-order valence-electron chi connectivity index (χ2n) is 7.11. The van der Waals surface area contributed by atoms with E-state index in [0.717, 1.165) is 11.6 Å². The molecule has 0 unspecified atom stereocenters. The van der Waals surface area contributed by atoms with Gasteiger partial charge in [0.25, 0.3) is 0 Å². The monoisotopic (exact) mass is 384 g/mol. The molecular formula is C19H23F3N2O3. The summed E-state index contributed by atoms with van der Waals surface area (Å²) in [5.41, 5.74) is -0.525. The third-order valence-electron chi connectivity index (χ3n) is 3.65. The number of halogens is 3. The van der Waals surface area contributed by atoms with Gasteiger partial charge >= 0.3 is 12.1 Å². The van der Waals surface area contributed by atoms with E-state index in [4.69, 9.17) is 9.47 Å². The van der Waals surface area contributed by atoms with Gasteiger partial charge in [-0.3, -0.25) is 9.48 Å². The molecule has 0 bridgehead atoms. The molecule has 0 N–H and O–H groups in total. The fraction of sp³-hybridized carbons (Fsp3) is 0.474. The van der Waals surface area contributed by atoms with Crippen LogP contribution < -0.4 is 4.74 Å². The van der Waals surface area contributed by atoms with E-state index in [2.05, 4.69) is 5.10 Å². The number of esters is 1. The predicted molar refractivity (Wildman–Crippen MR) is 93.5 cm³/mol. The minimum Gasteiger partial charge on any atom is -0.497 e. The van der Waals surface area contributed by atoms with Gasteiger partial charge < -0.3 is 9.47 Å². The van der Waals surface area contributed by atoms with Crippen molar-refractivity contribution in [3.05, 3.63) is 47.3 Å². The molecule has 0 amide bonds. The van der Waals surface area contributed by atoms with Crippen LogP contribution in [0.4, 0.5) is 13.2 Å². The van der Waals surface area contributed by atoms with E-state index in [1.165, 1.54) is 11.8 Å². The Morgan fingerprint density at radius 3 is 2.30 bits per heavy atom. The van der Waals surface area contributed by atoms with E-state index in [9.17, 15) is 18.0 Å². The van der Waals surface area contributed by atoms with Gasteiger partial charge in [-0.25, -0.2) is 0 Å². The van der Waals surface area contributed by atoms with Gasteiger partial charge in [-0.2, -0.15) is 18.3 Å². The van der Waals surface area contributed by atoms with Crippen molar-refractivity contribution in [2.45, 2.75) is 51.9 Å². The van der Waals surface area contributed by atoms with E-state index in [0.29, 0.717) is 11.4 Å². The van der Waals surface area contributed by atoms with Crippen LogP contribution in [-0.2, 0) is 28.7 Å². The first kappa shape index (κ1) is 20.8. The third-order valence-corrected chi connectivity index (χ3v) is 3.65. The molecule has 2 rings (SSSR count). The molecule has 1 heterocycles. The molecule has 0 fully saturated rings. The fourth-order valence-corrected chi connectivity index (χ4v) is 2.46. The maximum Gasteiger partial charge on any atom is 0.435 e. The van der Waals surface area contributed by atoms with Crippen LogP contribution in [-0.4, -0.2) is 28.5 Å². The molecule has 0 saturated heterocycles. The molecule has 2 aromatic rings. The first-order valence-electron chi connectivity index (χ1n) is 8.46. The minimum absolute atomic E-state index is 0.0249. The molecule has 8 heteroatoms. The van der Waals surface area contributed by atoms with Crippen LogP contribution >= 0.6 is 0 Å². The Bertz CT molecular complexity index is 775. The number of hydrogen-bond donors (Lipinski definition) is 0. The molecule has 1 aromatic carbocycles. The standard InChI is InChI=1S/C19H23F3N2O3/c1-18(2,3)27-17(25)10-7-14-11-16(19(20,21)22)23-24(14)12-13-5-8-15(26-4)9-6-13/h5-6,8-9,11H,7,10,12H2,1-4H3. The van der Waals surface area contributed by atoms with Gasteiger partial charge in [0.1, 0.15) is 11.4 Å². The average Bonchev–Trinajstić information content (AvgIpc) is 2.95. The number of methoxy groups -OCH3 is 1. The van der Waals surface area contributed by atoms with Crippen LogP contribution in [0, 0.1) is 0 Å². The summed E-state index contributed by atoms with van der Waals surface area (Å²) in [5.74, 6) is 0.189. The third kappa shape index (κ3) is 6.30. The quantitative estimate of drug-likeness (QED) is 0.700. The highest BCUT2D eigenvalue weighted by atomic mass is 19.4. The number of benzene rings is 1. The van der Waals surface area contributed by atoms with Gasteiger partial charge in [-0.15, -0.1) is 0 Å². The van der Waals surface area contributed by atoms with E-state index in [1.807, 2.05) is 0 Å². The molecule has 0 saturated carbocycles. The molecule has 0 aliphatic heterocycles. The van der Waals surface area contributed by atoms with Crippen LogP contribution in [0.3, 0.4) is 0 Å². The van der Waals surface area contributed by atoms with Crippen LogP contribution in [0.15, 0.2) is 30.3 Å². The normalized spacial score (nSPS) is 12.1. The summed E-state index contributed by atoms with van der Waals surface area (Å²) < 4.78 is 50.7. The zero-order valence-corrected chi connectivity index (χ0v) is 15.8. The smallest absolute Gasteiger partial charge is 0.435 e. The van der Waals surface area contributed by atoms with Crippen molar-refractivity contribution < 1.29 is 27.4 Å². The molecule has 0 aliphatic carbocycles. The summed E-state index contributed by atoms with van der Waals surface area (Å²) in [6.45, 7) is 5.37. The summed E-state index contributed by atoms with van der Waals surface area (Å²) in [4.78, 5) is 11.9. The second kappa shape index (κ2) is 8.02. The SMILES string of the molecule is COc1ccc(Cn2nc(C(F)(F)F)cc2CCC(=O)OC(C)(C)C)cc1. The highest BCUT2D eigenvalue weighted by Crippen LogP contribution is 2.29. The summed E-state index contributed by atoms with van der Waals surface area (Å²) >= 11 is 0. The Hall–Kier alpha value is -2.51. The molecule has 1 aromatic heterocycles. The van der Waals surface area contributed by atoms with Crippen LogP contribution in [0.1, 0.15) is 44.1 Å². The molecule has 0 atom stereocenters. The summed E-state index contributed by atoms with van der Waals surface area (Å²) in [7, 11) is 1.53. The Kier molecular flexibility index (Phi) is 6.18. The lowest BCUT2D eigenvalue weighted by molar-refractivity contribution is -0.154. The summed E-state index contributed by atoms with van der Waals surface area (Å²) in [6, 6.07) is 7.94. The van der Waals surface area contributed by atoms with Gasteiger partial charge in [-0.05, 0) is 51.0 Å². The number of ether oxygens (including phenoxy) is 2. The van der Waals surface area contributed by atoms with Gasteiger partial charge in [0.2, 0.25) is 0 Å². The van der Waals surface area contributed by atoms with Gasteiger partial charge in [-0.1, -0.05) is 12.1 Å². The zero-order chi connectivity index (χ0) is 20.2. The van der Waals surface area contributed by atoms with Gasteiger partial charge in [0.05, 0.1) is 20.1 Å². The van der Waals surface area contributed by atoms with Crippen molar-refractivity contribution in [2.75, 3.05) is 7.11 Å². The number of aromatic nitrogens is 2. The Labute approximate surface area is 156 Å². The number of aryl methyl sites for hydroxylation is 1. The molecule has 148 valence electrons. The second-order valence-corrected chi connectivity index (χ2v) is 7.11. The van der Waals surface area contributed by atoms with Crippen LogP contribution in [0.25, 0.3) is 0 Å². The van der Waals surface area contributed by atoms with Crippen molar-refractivity contribution in [1.82, 2.24) is 9.78 Å². The largest absolute Gasteiger partial charge is 0.497 e. The number of rotatable bonds is 6. The zero-order valence-electron chi connectivity index (χ0n) is 15.8. The summed E-state index contributed by atoms with van der Waals surface area (Å²) in [5, 5.41) is 3.68. The lowest BCUT2D eigenvalue weighted by Crippen LogP contribution is -2.24. The lowest BCUT2D eigenvalue weighted by atomic mass is 10.1. The maximum absolute atomic E-state index is 13.1. The fourth-order valence-electron chi connectivity index (χ4n) is 2.46. The van der Waals surface area contributed by atoms with E-state index in [-0.39, 0.29) is 19.4 Å². The molecule has 0 aliphatic rings. The highest BCUT2D eigenvalue weighted by molar-refractivity contribution is 5.70. The van der Waals surface area contributed by atoms with Crippen molar-refractivity contribution in [2.24, 2.45) is 0 Å². The highest BCUT2D eigenvalue weighted by Gasteiger charge is 2.35. The van der Waals surface area contributed by atoms with Crippen LogP contribution in [0.5, 0.6) is 5.75 Å². The Morgan fingerprint density at radius 2 is 1.78 bits per heavy atom. The van der Waals surface area contributed by atoms with Crippen molar-refractivity contribution in [3.8, 4) is 5.75 Å². The van der Waals surface area contributed by atoms with Gasteiger partial charge in [0, 0.05) is 5.69 Å². The topological polar surface area (TPSA) is 53.4 Å². The minimum atomic E-state index is -4.55. The van der Waals surface area contributed by atoms with Crippen LogP contribution in [0.2, 0.25) is 0 Å². The van der Waals surface area contributed by atoms with Crippen molar-refractivity contribution >= 4 is 5.97 Å². The maximum atomic E-state index is 13.1. The van der Waals surface area contributed by atoms with Gasteiger partial charge in [0.15, 0.2) is 5.69 Å². The number of nitrogens with zero attached hydrogens (tertiary/aromatic N) is 2. The molecule has 0 spiro atoms. The number of carbonyl (C=O) groups excluding carboxylic acids is 1. The van der Waals surface area contributed by atoms with E-state index in [1.54, 1.807) is 45.0 Å². The first-order chi connectivity index (χ1) is 12.5. The van der Waals surface area contributed by atoms with E-state index < -0.39 is 23.4 Å². The summed E-state index contributed by atoms with van der Waals surface area (Å²) in [6.07, 6.45) is -4.47. The average molecular weight is 384 g/mol. The molecule has 5 nitrogen and oxygen atoms in total. The Balaban J connectivity index is 2.18. The van der Waals surface area contributed by atoms with Crippen molar-refractivity contribution in [3.63, 3.8) is 0 Å². The molecule has 0 radical (unpaired) electrons. The first-order valence-corrected chi connectivity index (χ1v) is 8.46. The number of carbonyl (C=O) groups is 1. The predicted octanol–water partition coefficient (Wildman–Crippen LogP) is 4.23. The number of hydrogen-bond acceptors (Lipinski definition) is 4. The lowest BCUT2D eigenvalue weighted by Gasteiger charge is -2.19. The van der Waals surface area contributed by atoms with Crippen molar-refractivity contribution in [1.29, 1.82) is 0 Å². The van der Waals surface area contributed by atoms with E-state index >= 15 is 0 Å². The molecule has 27 heavy (non-hydrogen) atoms.